The highest BCUT2D eigenvalue weighted by atomic mass is 16.6. The Morgan fingerprint density at radius 3 is 2.75 bits per heavy atom. The van der Waals surface area contributed by atoms with Crippen LogP contribution in [0.1, 0.15) is 5.56 Å². The SMILES string of the molecule is Cc1ccccc1OC(=O)NO. The van der Waals surface area contributed by atoms with Crippen molar-refractivity contribution in [3.63, 3.8) is 0 Å². The van der Waals surface area contributed by atoms with Crippen LogP contribution in [-0.2, 0) is 0 Å². The van der Waals surface area contributed by atoms with Gasteiger partial charge in [-0.3, -0.25) is 5.21 Å². The van der Waals surface area contributed by atoms with Gasteiger partial charge in [-0.1, -0.05) is 18.2 Å². The van der Waals surface area contributed by atoms with Crippen LogP contribution in [0.5, 0.6) is 5.75 Å². The molecule has 1 rings (SSSR count). The minimum Gasteiger partial charge on any atom is -0.409 e. The van der Waals surface area contributed by atoms with Gasteiger partial charge in [0.15, 0.2) is 0 Å². The maximum Gasteiger partial charge on any atom is 0.436 e. The minimum atomic E-state index is -0.885. The lowest BCUT2D eigenvalue weighted by Crippen LogP contribution is -2.23. The number of hydrogen-bond acceptors (Lipinski definition) is 3. The molecule has 2 N–H and O–H groups in total. The molecular weight excluding hydrogens is 158 g/mol. The first-order valence-electron chi connectivity index (χ1n) is 3.41. The first-order valence-corrected chi connectivity index (χ1v) is 3.41. The topological polar surface area (TPSA) is 58.6 Å². The molecule has 1 amide bonds. The molecule has 4 nitrogen and oxygen atoms in total. The molecule has 0 aliphatic heterocycles. The number of hydroxylamine groups is 1. The summed E-state index contributed by atoms with van der Waals surface area (Å²) in [4.78, 5) is 10.6. The maximum absolute atomic E-state index is 10.6. The third-order valence-corrected chi connectivity index (χ3v) is 1.39. The largest absolute Gasteiger partial charge is 0.436 e. The van der Waals surface area contributed by atoms with Crippen molar-refractivity contribution in [3.05, 3.63) is 29.8 Å². The first-order chi connectivity index (χ1) is 5.74. The van der Waals surface area contributed by atoms with Crippen molar-refractivity contribution in [1.82, 2.24) is 5.48 Å². The van der Waals surface area contributed by atoms with Gasteiger partial charge in [-0.15, -0.1) is 0 Å². The molecule has 1 aromatic rings. The second-order valence-electron chi connectivity index (χ2n) is 2.27. The molecule has 0 atom stereocenters. The third kappa shape index (κ3) is 1.96. The number of benzene rings is 1. The fourth-order valence-electron chi connectivity index (χ4n) is 0.794. The predicted molar refractivity (Wildman–Crippen MR) is 42.1 cm³/mol. The fourth-order valence-corrected chi connectivity index (χ4v) is 0.794. The molecule has 0 saturated carbocycles. The van der Waals surface area contributed by atoms with Crippen LogP contribution in [0.4, 0.5) is 4.79 Å². The minimum absolute atomic E-state index is 0.434. The van der Waals surface area contributed by atoms with E-state index < -0.39 is 6.09 Å². The molecule has 0 aliphatic rings. The number of ether oxygens (including phenoxy) is 1. The van der Waals surface area contributed by atoms with Crippen LogP contribution in [0.2, 0.25) is 0 Å². The lowest BCUT2D eigenvalue weighted by molar-refractivity contribution is 0.127. The summed E-state index contributed by atoms with van der Waals surface area (Å²) in [7, 11) is 0. The molecule has 0 aromatic heterocycles. The van der Waals surface area contributed by atoms with E-state index >= 15 is 0 Å². The molecule has 0 bridgehead atoms. The Morgan fingerprint density at radius 2 is 2.17 bits per heavy atom. The zero-order valence-electron chi connectivity index (χ0n) is 6.57. The highest BCUT2D eigenvalue weighted by Crippen LogP contribution is 2.15. The average molecular weight is 167 g/mol. The van der Waals surface area contributed by atoms with E-state index in [4.69, 9.17) is 9.94 Å². The Balaban J connectivity index is 2.75. The van der Waals surface area contributed by atoms with Gasteiger partial charge >= 0.3 is 6.09 Å². The van der Waals surface area contributed by atoms with Gasteiger partial charge in [-0.2, -0.15) is 0 Å². The van der Waals surface area contributed by atoms with Gasteiger partial charge in [0, 0.05) is 0 Å². The lowest BCUT2D eigenvalue weighted by atomic mass is 10.2. The standard InChI is InChI=1S/C8H9NO3/c1-6-4-2-3-5-7(6)12-8(10)9-11/h2-5,11H,1H3,(H,9,10). The van der Waals surface area contributed by atoms with Crippen LogP contribution < -0.4 is 10.2 Å². The fraction of sp³-hybridized carbons (Fsp3) is 0.125. The predicted octanol–water partition coefficient (Wildman–Crippen LogP) is 1.47. The van der Waals surface area contributed by atoms with Crippen LogP contribution in [0.25, 0.3) is 0 Å². The van der Waals surface area contributed by atoms with Crippen molar-refractivity contribution in [3.8, 4) is 5.75 Å². The van der Waals surface area contributed by atoms with E-state index in [0.717, 1.165) is 5.56 Å². The van der Waals surface area contributed by atoms with Crippen molar-refractivity contribution < 1.29 is 14.7 Å². The molecule has 0 spiro atoms. The number of para-hydroxylation sites is 1. The molecule has 0 saturated heterocycles. The summed E-state index contributed by atoms with van der Waals surface area (Å²) in [5, 5.41) is 8.16. The van der Waals surface area contributed by atoms with Gasteiger partial charge in [-0.05, 0) is 18.6 Å². The Hall–Kier alpha value is -1.55. The molecule has 64 valence electrons. The van der Waals surface area contributed by atoms with Crippen LogP contribution in [0, 0.1) is 6.92 Å². The number of aryl methyl sites for hydroxylation is 1. The number of nitrogens with one attached hydrogen (secondary N) is 1. The van der Waals surface area contributed by atoms with Crippen LogP contribution in [0.15, 0.2) is 24.3 Å². The van der Waals surface area contributed by atoms with Gasteiger partial charge in [-0.25, -0.2) is 10.3 Å². The Bertz CT molecular complexity index is 285. The second kappa shape index (κ2) is 3.73. The highest BCUT2D eigenvalue weighted by Gasteiger charge is 2.03. The van der Waals surface area contributed by atoms with Gasteiger partial charge < -0.3 is 4.74 Å². The summed E-state index contributed by atoms with van der Waals surface area (Å²) in [6.07, 6.45) is -0.885. The van der Waals surface area contributed by atoms with Crippen molar-refractivity contribution >= 4 is 6.09 Å². The third-order valence-electron chi connectivity index (χ3n) is 1.39. The normalized spacial score (nSPS) is 9.17. The van der Waals surface area contributed by atoms with E-state index in [-0.39, 0.29) is 0 Å². The number of hydrogen-bond donors (Lipinski definition) is 2. The Labute approximate surface area is 69.7 Å². The molecule has 0 aliphatic carbocycles. The highest BCUT2D eigenvalue weighted by molar-refractivity contribution is 5.69. The summed E-state index contributed by atoms with van der Waals surface area (Å²) in [6.45, 7) is 1.81. The van der Waals surface area contributed by atoms with E-state index in [9.17, 15) is 4.79 Å². The quantitative estimate of drug-likeness (QED) is 0.492. The van der Waals surface area contributed by atoms with Crippen LogP contribution in [-0.4, -0.2) is 11.3 Å². The summed E-state index contributed by atoms with van der Waals surface area (Å²) in [5.41, 5.74) is 2.21. The molecule has 0 unspecified atom stereocenters. The van der Waals surface area contributed by atoms with Gasteiger partial charge in [0.1, 0.15) is 5.75 Å². The number of amides is 1. The molecule has 1 aromatic carbocycles. The number of carbonyl (C=O) groups is 1. The van der Waals surface area contributed by atoms with Crippen LogP contribution >= 0.6 is 0 Å². The van der Waals surface area contributed by atoms with E-state index in [1.807, 2.05) is 6.07 Å². The first kappa shape index (κ1) is 8.55. The van der Waals surface area contributed by atoms with Crippen LogP contribution in [0.3, 0.4) is 0 Å². The zero-order valence-corrected chi connectivity index (χ0v) is 6.57. The van der Waals surface area contributed by atoms with Gasteiger partial charge in [0.2, 0.25) is 0 Å². The van der Waals surface area contributed by atoms with Gasteiger partial charge in [0.05, 0.1) is 0 Å². The lowest BCUT2D eigenvalue weighted by Gasteiger charge is -2.04. The Morgan fingerprint density at radius 1 is 1.50 bits per heavy atom. The van der Waals surface area contributed by atoms with E-state index in [1.54, 1.807) is 25.1 Å². The summed E-state index contributed by atoms with van der Waals surface area (Å²) in [5.74, 6) is 0.434. The number of carbonyl (C=O) groups excluding carboxylic acids is 1. The van der Waals surface area contributed by atoms with E-state index in [2.05, 4.69) is 0 Å². The monoisotopic (exact) mass is 167 g/mol. The zero-order chi connectivity index (χ0) is 8.97. The van der Waals surface area contributed by atoms with Crippen molar-refractivity contribution in [1.29, 1.82) is 0 Å². The van der Waals surface area contributed by atoms with E-state index in [0.29, 0.717) is 5.75 Å². The second-order valence-corrected chi connectivity index (χ2v) is 2.27. The molecule has 0 fully saturated rings. The molecule has 0 heterocycles. The van der Waals surface area contributed by atoms with E-state index in [1.165, 1.54) is 5.48 Å². The van der Waals surface area contributed by atoms with Crippen molar-refractivity contribution in [2.24, 2.45) is 0 Å². The smallest absolute Gasteiger partial charge is 0.409 e. The molecule has 12 heavy (non-hydrogen) atoms. The Kier molecular flexibility index (Phi) is 2.66. The summed E-state index contributed by atoms with van der Waals surface area (Å²) >= 11 is 0. The average Bonchev–Trinajstić information content (AvgIpc) is 2.09. The van der Waals surface area contributed by atoms with Crippen molar-refractivity contribution in [2.75, 3.05) is 0 Å². The summed E-state index contributed by atoms with van der Waals surface area (Å²) < 4.78 is 4.69. The van der Waals surface area contributed by atoms with Crippen molar-refractivity contribution in [2.45, 2.75) is 6.92 Å². The molecule has 0 radical (unpaired) electrons. The maximum atomic E-state index is 10.6. The van der Waals surface area contributed by atoms with Gasteiger partial charge in [0.25, 0.3) is 0 Å². The molecular formula is C8H9NO3. The summed E-state index contributed by atoms with van der Waals surface area (Å²) in [6, 6.07) is 7.02. The molecule has 4 heteroatoms. The number of rotatable bonds is 1.